The number of rotatable bonds is 7. The smallest absolute Gasteiger partial charge is 0.320 e. The van der Waals surface area contributed by atoms with Crippen molar-refractivity contribution in [1.29, 1.82) is 0 Å². The number of carbonyl (C=O) groups is 2. The van der Waals surface area contributed by atoms with Gasteiger partial charge in [-0.25, -0.2) is 0 Å². The van der Waals surface area contributed by atoms with E-state index in [9.17, 15) is 9.59 Å². The zero-order valence-corrected chi connectivity index (χ0v) is 9.62. The van der Waals surface area contributed by atoms with E-state index in [2.05, 4.69) is 5.32 Å². The number of carboxylic acids is 1. The first-order valence-corrected chi connectivity index (χ1v) is 5.10. The van der Waals surface area contributed by atoms with Crippen LogP contribution in [0.25, 0.3) is 0 Å². The Labute approximate surface area is 90.5 Å². The molecule has 1 amide bonds. The Balaban J connectivity index is 3.61. The van der Waals surface area contributed by atoms with Gasteiger partial charge in [0.1, 0.15) is 6.04 Å². The SMILES string of the molecule is CNC(CCCCN(C)C(C)=O)C(=O)O. The summed E-state index contributed by atoms with van der Waals surface area (Å²) in [5.74, 6) is -0.782. The van der Waals surface area contributed by atoms with Gasteiger partial charge in [0.15, 0.2) is 0 Å². The van der Waals surface area contributed by atoms with Gasteiger partial charge < -0.3 is 15.3 Å². The van der Waals surface area contributed by atoms with Crippen molar-refractivity contribution in [3.05, 3.63) is 0 Å². The lowest BCUT2D eigenvalue weighted by Crippen LogP contribution is -2.34. The third-order valence-electron chi connectivity index (χ3n) is 2.42. The Morgan fingerprint density at radius 1 is 1.40 bits per heavy atom. The molecule has 0 aliphatic carbocycles. The van der Waals surface area contributed by atoms with Gasteiger partial charge in [-0.3, -0.25) is 9.59 Å². The molecule has 5 nitrogen and oxygen atoms in total. The molecule has 0 aliphatic heterocycles. The topological polar surface area (TPSA) is 69.6 Å². The fraction of sp³-hybridized carbons (Fsp3) is 0.800. The van der Waals surface area contributed by atoms with Gasteiger partial charge in [-0.15, -0.1) is 0 Å². The van der Waals surface area contributed by atoms with E-state index in [0.29, 0.717) is 13.0 Å². The predicted octanol–water partition coefficient (Wildman–Crippen LogP) is 0.308. The fourth-order valence-electron chi connectivity index (χ4n) is 1.25. The maximum atomic E-state index is 10.9. The summed E-state index contributed by atoms with van der Waals surface area (Å²) in [5, 5.41) is 11.5. The maximum Gasteiger partial charge on any atom is 0.320 e. The Bertz CT molecular complexity index is 219. The molecule has 0 saturated heterocycles. The molecule has 0 heterocycles. The van der Waals surface area contributed by atoms with Crippen molar-refractivity contribution in [2.24, 2.45) is 0 Å². The first-order valence-electron chi connectivity index (χ1n) is 5.10. The van der Waals surface area contributed by atoms with E-state index in [1.807, 2.05) is 0 Å². The summed E-state index contributed by atoms with van der Waals surface area (Å²) in [6, 6.07) is -0.479. The number of hydrogen-bond acceptors (Lipinski definition) is 3. The van der Waals surface area contributed by atoms with Crippen LogP contribution in [0.4, 0.5) is 0 Å². The molecule has 0 saturated carbocycles. The van der Waals surface area contributed by atoms with E-state index < -0.39 is 12.0 Å². The zero-order valence-electron chi connectivity index (χ0n) is 9.62. The number of unbranched alkanes of at least 4 members (excludes halogenated alkanes) is 1. The summed E-state index contributed by atoms with van der Waals surface area (Å²) in [5.41, 5.74) is 0. The second-order valence-corrected chi connectivity index (χ2v) is 3.62. The number of hydrogen-bond donors (Lipinski definition) is 2. The second-order valence-electron chi connectivity index (χ2n) is 3.62. The maximum absolute atomic E-state index is 10.9. The van der Waals surface area contributed by atoms with Crippen LogP contribution < -0.4 is 5.32 Å². The Morgan fingerprint density at radius 2 is 2.00 bits per heavy atom. The Hall–Kier alpha value is -1.10. The number of nitrogens with one attached hydrogen (secondary N) is 1. The number of likely N-dealkylation sites (N-methyl/N-ethyl adjacent to an activating group) is 1. The molecule has 0 aromatic rings. The predicted molar refractivity (Wildman–Crippen MR) is 57.6 cm³/mol. The van der Waals surface area contributed by atoms with Crippen molar-refractivity contribution in [3.8, 4) is 0 Å². The summed E-state index contributed by atoms with van der Waals surface area (Å²) >= 11 is 0. The minimum Gasteiger partial charge on any atom is -0.480 e. The van der Waals surface area contributed by atoms with Crippen LogP contribution in [0.15, 0.2) is 0 Å². The average molecular weight is 216 g/mol. The molecule has 0 rings (SSSR count). The molecule has 5 heteroatoms. The van der Waals surface area contributed by atoms with Crippen LogP contribution in [-0.2, 0) is 9.59 Å². The highest BCUT2D eigenvalue weighted by Crippen LogP contribution is 2.02. The molecule has 0 spiro atoms. The van der Waals surface area contributed by atoms with Gasteiger partial charge in [0.25, 0.3) is 0 Å². The van der Waals surface area contributed by atoms with E-state index in [1.165, 1.54) is 6.92 Å². The Morgan fingerprint density at radius 3 is 2.40 bits per heavy atom. The lowest BCUT2D eigenvalue weighted by Gasteiger charge is -2.15. The summed E-state index contributed by atoms with van der Waals surface area (Å²) in [6.45, 7) is 2.21. The number of carbonyl (C=O) groups excluding carboxylic acids is 1. The number of aliphatic carboxylic acids is 1. The monoisotopic (exact) mass is 216 g/mol. The van der Waals surface area contributed by atoms with Crippen LogP contribution in [0.3, 0.4) is 0 Å². The quantitative estimate of drug-likeness (QED) is 0.601. The van der Waals surface area contributed by atoms with Crippen molar-refractivity contribution in [2.45, 2.75) is 32.2 Å². The minimum atomic E-state index is -0.822. The molecule has 2 N–H and O–H groups in total. The van der Waals surface area contributed by atoms with Crippen LogP contribution >= 0.6 is 0 Å². The molecule has 1 atom stereocenters. The molecule has 0 aromatic carbocycles. The fourth-order valence-corrected chi connectivity index (χ4v) is 1.25. The van der Waals surface area contributed by atoms with Gasteiger partial charge in [-0.05, 0) is 26.3 Å². The molecule has 0 fully saturated rings. The second kappa shape index (κ2) is 7.23. The summed E-state index contributed by atoms with van der Waals surface area (Å²) in [7, 11) is 3.38. The molecule has 15 heavy (non-hydrogen) atoms. The van der Waals surface area contributed by atoms with Crippen molar-refractivity contribution in [2.75, 3.05) is 20.6 Å². The summed E-state index contributed by atoms with van der Waals surface area (Å²) in [4.78, 5) is 23.1. The van der Waals surface area contributed by atoms with E-state index in [1.54, 1.807) is 19.0 Å². The van der Waals surface area contributed by atoms with Gasteiger partial charge >= 0.3 is 5.97 Å². The van der Waals surface area contributed by atoms with Crippen LogP contribution in [0.5, 0.6) is 0 Å². The lowest BCUT2D eigenvalue weighted by atomic mass is 10.1. The van der Waals surface area contributed by atoms with Gasteiger partial charge in [-0.1, -0.05) is 0 Å². The zero-order chi connectivity index (χ0) is 11.8. The van der Waals surface area contributed by atoms with E-state index in [-0.39, 0.29) is 5.91 Å². The summed E-state index contributed by atoms with van der Waals surface area (Å²) in [6.07, 6.45) is 2.23. The lowest BCUT2D eigenvalue weighted by molar-refractivity contribution is -0.139. The molecule has 0 bridgehead atoms. The van der Waals surface area contributed by atoms with Crippen LogP contribution in [0, 0.1) is 0 Å². The molecule has 0 aromatic heterocycles. The average Bonchev–Trinajstić information content (AvgIpc) is 2.16. The number of amides is 1. The van der Waals surface area contributed by atoms with Gasteiger partial charge in [0, 0.05) is 20.5 Å². The molecule has 1 unspecified atom stereocenters. The molecule has 0 aliphatic rings. The van der Waals surface area contributed by atoms with Crippen LogP contribution in [0.2, 0.25) is 0 Å². The summed E-state index contributed by atoms with van der Waals surface area (Å²) < 4.78 is 0. The molecule has 0 radical (unpaired) electrons. The minimum absolute atomic E-state index is 0.0402. The van der Waals surface area contributed by atoms with E-state index in [0.717, 1.165) is 12.8 Å². The first kappa shape index (κ1) is 13.9. The van der Waals surface area contributed by atoms with Gasteiger partial charge in [-0.2, -0.15) is 0 Å². The van der Waals surface area contributed by atoms with Crippen molar-refractivity contribution < 1.29 is 14.7 Å². The third kappa shape index (κ3) is 6.06. The third-order valence-corrected chi connectivity index (χ3v) is 2.42. The van der Waals surface area contributed by atoms with Crippen molar-refractivity contribution >= 4 is 11.9 Å². The van der Waals surface area contributed by atoms with Crippen molar-refractivity contribution in [3.63, 3.8) is 0 Å². The van der Waals surface area contributed by atoms with Gasteiger partial charge in [0.05, 0.1) is 0 Å². The van der Waals surface area contributed by atoms with Crippen LogP contribution in [0.1, 0.15) is 26.2 Å². The molecular weight excluding hydrogens is 196 g/mol. The van der Waals surface area contributed by atoms with Crippen LogP contribution in [-0.4, -0.2) is 48.6 Å². The first-order chi connectivity index (χ1) is 6.99. The molecular formula is C10H20N2O3. The van der Waals surface area contributed by atoms with E-state index in [4.69, 9.17) is 5.11 Å². The standard InChI is InChI=1S/C10H20N2O3/c1-8(13)12(3)7-5-4-6-9(11-2)10(14)15/h9,11H,4-7H2,1-3H3,(H,14,15). The highest BCUT2D eigenvalue weighted by molar-refractivity contribution is 5.73. The normalized spacial score (nSPS) is 12.2. The number of carboxylic acid groups (broad SMARTS) is 1. The van der Waals surface area contributed by atoms with E-state index >= 15 is 0 Å². The highest BCUT2D eigenvalue weighted by atomic mass is 16.4. The highest BCUT2D eigenvalue weighted by Gasteiger charge is 2.13. The Kier molecular flexibility index (Phi) is 6.70. The number of nitrogens with zero attached hydrogens (tertiary/aromatic N) is 1. The molecule has 88 valence electrons. The largest absolute Gasteiger partial charge is 0.480 e. The van der Waals surface area contributed by atoms with Gasteiger partial charge in [0.2, 0.25) is 5.91 Å². The van der Waals surface area contributed by atoms with Crippen molar-refractivity contribution in [1.82, 2.24) is 10.2 Å².